The second-order valence-electron chi connectivity index (χ2n) is 6.05. The van der Waals surface area contributed by atoms with Crippen molar-refractivity contribution >= 4 is 28.5 Å². The Bertz CT molecular complexity index is 953. The average molecular weight is 334 g/mol. The van der Waals surface area contributed by atoms with Gasteiger partial charge in [-0.25, -0.2) is 9.50 Å². The van der Waals surface area contributed by atoms with E-state index in [4.69, 9.17) is 4.98 Å². The lowest BCUT2D eigenvalue weighted by atomic mass is 10.0. The van der Waals surface area contributed by atoms with E-state index in [0.29, 0.717) is 5.92 Å². The van der Waals surface area contributed by atoms with Gasteiger partial charge in [-0.15, -0.1) is 0 Å². The maximum Gasteiger partial charge on any atom is 0.165 e. The minimum atomic E-state index is 0.536. The Hall–Kier alpha value is -2.66. The molecule has 0 unspecified atom stereocenters. The number of benzene rings is 1. The molecule has 0 spiro atoms. The van der Waals surface area contributed by atoms with Crippen LogP contribution >= 0.6 is 11.3 Å². The van der Waals surface area contributed by atoms with Crippen molar-refractivity contribution < 1.29 is 0 Å². The number of anilines is 2. The lowest BCUT2D eigenvalue weighted by molar-refractivity contribution is 0.867. The summed E-state index contributed by atoms with van der Waals surface area (Å²) >= 11 is 1.68. The van der Waals surface area contributed by atoms with Crippen molar-refractivity contribution in [2.75, 3.05) is 5.32 Å². The Morgan fingerprint density at radius 2 is 1.92 bits per heavy atom. The monoisotopic (exact) mass is 334 g/mol. The van der Waals surface area contributed by atoms with Crippen molar-refractivity contribution in [3.63, 3.8) is 0 Å². The van der Waals surface area contributed by atoms with Gasteiger partial charge in [-0.2, -0.15) is 16.4 Å². The molecule has 3 heterocycles. The highest BCUT2D eigenvalue weighted by molar-refractivity contribution is 7.08. The van der Waals surface area contributed by atoms with Gasteiger partial charge in [0, 0.05) is 17.4 Å². The van der Waals surface area contributed by atoms with Gasteiger partial charge in [-0.05, 0) is 52.1 Å². The van der Waals surface area contributed by atoms with E-state index < -0.39 is 0 Å². The van der Waals surface area contributed by atoms with Crippen LogP contribution < -0.4 is 5.32 Å². The number of hydrogen-bond acceptors (Lipinski definition) is 4. The second kappa shape index (κ2) is 6.09. The van der Waals surface area contributed by atoms with Crippen molar-refractivity contribution in [1.82, 2.24) is 14.6 Å². The molecule has 1 N–H and O–H groups in total. The Morgan fingerprint density at radius 3 is 2.62 bits per heavy atom. The van der Waals surface area contributed by atoms with Crippen LogP contribution in [0, 0.1) is 0 Å². The quantitative estimate of drug-likeness (QED) is 0.549. The Labute approximate surface area is 144 Å². The highest BCUT2D eigenvalue weighted by Gasteiger charge is 2.09. The summed E-state index contributed by atoms with van der Waals surface area (Å²) in [5.41, 5.74) is 5.43. The molecule has 0 fully saturated rings. The summed E-state index contributed by atoms with van der Waals surface area (Å²) in [6, 6.07) is 12.5. The van der Waals surface area contributed by atoms with Gasteiger partial charge in [0.1, 0.15) is 5.82 Å². The van der Waals surface area contributed by atoms with Crippen LogP contribution in [0.4, 0.5) is 11.5 Å². The first-order chi connectivity index (χ1) is 11.7. The van der Waals surface area contributed by atoms with Crippen LogP contribution in [-0.4, -0.2) is 14.6 Å². The first kappa shape index (κ1) is 14.9. The van der Waals surface area contributed by atoms with Crippen LogP contribution in [0.15, 0.2) is 59.6 Å². The second-order valence-corrected chi connectivity index (χ2v) is 6.83. The molecule has 5 heteroatoms. The van der Waals surface area contributed by atoms with Gasteiger partial charge in [0.05, 0.1) is 6.20 Å². The molecule has 120 valence electrons. The van der Waals surface area contributed by atoms with Gasteiger partial charge in [0.15, 0.2) is 5.65 Å². The topological polar surface area (TPSA) is 42.2 Å². The van der Waals surface area contributed by atoms with E-state index in [1.54, 1.807) is 15.9 Å². The van der Waals surface area contributed by atoms with Crippen molar-refractivity contribution in [1.29, 1.82) is 0 Å². The summed E-state index contributed by atoms with van der Waals surface area (Å²) in [6.07, 6.45) is 3.80. The highest BCUT2D eigenvalue weighted by atomic mass is 32.1. The first-order valence-corrected chi connectivity index (χ1v) is 8.89. The summed E-state index contributed by atoms with van der Waals surface area (Å²) in [4.78, 5) is 4.74. The number of nitrogens with one attached hydrogen (secondary N) is 1. The van der Waals surface area contributed by atoms with Gasteiger partial charge < -0.3 is 5.32 Å². The molecule has 0 aliphatic rings. The minimum Gasteiger partial charge on any atom is -0.340 e. The molecular weight excluding hydrogens is 316 g/mol. The van der Waals surface area contributed by atoms with Crippen LogP contribution in [-0.2, 0) is 0 Å². The normalized spacial score (nSPS) is 11.3. The number of hydrogen-bond donors (Lipinski definition) is 1. The summed E-state index contributed by atoms with van der Waals surface area (Å²) < 4.78 is 1.81. The summed E-state index contributed by atoms with van der Waals surface area (Å²) in [5.74, 6) is 1.35. The maximum absolute atomic E-state index is 4.74. The zero-order valence-corrected chi connectivity index (χ0v) is 14.4. The molecule has 0 saturated carbocycles. The van der Waals surface area contributed by atoms with Crippen LogP contribution in [0.3, 0.4) is 0 Å². The average Bonchev–Trinajstić information content (AvgIpc) is 3.24. The van der Waals surface area contributed by atoms with E-state index in [2.05, 4.69) is 65.4 Å². The zero-order chi connectivity index (χ0) is 16.5. The number of aromatic nitrogens is 3. The highest BCUT2D eigenvalue weighted by Crippen LogP contribution is 2.27. The largest absolute Gasteiger partial charge is 0.340 e. The minimum absolute atomic E-state index is 0.536. The van der Waals surface area contributed by atoms with Gasteiger partial charge in [0.2, 0.25) is 0 Å². The first-order valence-electron chi connectivity index (χ1n) is 7.94. The Balaban J connectivity index is 1.66. The van der Waals surface area contributed by atoms with E-state index in [1.165, 1.54) is 5.56 Å². The molecule has 0 radical (unpaired) electrons. The Morgan fingerprint density at radius 1 is 1.08 bits per heavy atom. The molecule has 3 aromatic heterocycles. The van der Waals surface area contributed by atoms with Gasteiger partial charge >= 0.3 is 0 Å². The standard InChI is InChI=1S/C19H18N4S/c1-13(2)14-3-5-16(6-4-14)21-18-7-9-23-19(22-18)17(11-20-23)15-8-10-24-12-15/h3-13H,1-2H3,(H,21,22). The molecule has 4 aromatic rings. The van der Waals surface area contributed by atoms with Crippen molar-refractivity contribution in [2.24, 2.45) is 0 Å². The molecule has 1 aromatic carbocycles. The third kappa shape index (κ3) is 2.78. The van der Waals surface area contributed by atoms with Crippen LogP contribution in [0.2, 0.25) is 0 Å². The molecular formula is C19H18N4S. The van der Waals surface area contributed by atoms with Crippen molar-refractivity contribution in [2.45, 2.75) is 19.8 Å². The number of rotatable bonds is 4. The van der Waals surface area contributed by atoms with Gasteiger partial charge in [0.25, 0.3) is 0 Å². The van der Waals surface area contributed by atoms with Crippen molar-refractivity contribution in [3.05, 3.63) is 65.1 Å². The number of fused-ring (bicyclic) bond motifs is 1. The fourth-order valence-corrected chi connectivity index (χ4v) is 3.31. The SMILES string of the molecule is CC(C)c1ccc(Nc2ccn3ncc(-c4ccsc4)c3n2)cc1. The number of thiophene rings is 1. The fraction of sp³-hybridized carbons (Fsp3) is 0.158. The molecule has 24 heavy (non-hydrogen) atoms. The van der Waals surface area contributed by atoms with E-state index in [0.717, 1.165) is 28.3 Å². The molecule has 0 aliphatic heterocycles. The molecule has 0 bridgehead atoms. The number of nitrogens with zero attached hydrogens (tertiary/aromatic N) is 3. The van der Waals surface area contributed by atoms with Gasteiger partial charge in [-0.1, -0.05) is 26.0 Å². The summed E-state index contributed by atoms with van der Waals surface area (Å²) in [6.45, 7) is 4.40. The van der Waals surface area contributed by atoms with Crippen LogP contribution in [0.5, 0.6) is 0 Å². The van der Waals surface area contributed by atoms with E-state index in [-0.39, 0.29) is 0 Å². The Kier molecular flexibility index (Phi) is 3.78. The molecule has 0 aliphatic carbocycles. The summed E-state index contributed by atoms with van der Waals surface area (Å²) in [5, 5.41) is 11.9. The summed E-state index contributed by atoms with van der Waals surface area (Å²) in [7, 11) is 0. The predicted octanol–water partition coefficient (Wildman–Crippen LogP) is 5.32. The third-order valence-electron chi connectivity index (χ3n) is 4.05. The molecule has 0 saturated heterocycles. The van der Waals surface area contributed by atoms with Crippen molar-refractivity contribution in [3.8, 4) is 11.1 Å². The molecule has 0 amide bonds. The van der Waals surface area contributed by atoms with Crippen LogP contribution in [0.25, 0.3) is 16.8 Å². The fourth-order valence-electron chi connectivity index (χ4n) is 2.66. The lowest BCUT2D eigenvalue weighted by Crippen LogP contribution is -1.97. The van der Waals surface area contributed by atoms with Crippen LogP contribution in [0.1, 0.15) is 25.3 Å². The van der Waals surface area contributed by atoms with E-state index >= 15 is 0 Å². The smallest absolute Gasteiger partial charge is 0.165 e. The zero-order valence-electron chi connectivity index (χ0n) is 13.6. The molecule has 0 atom stereocenters. The maximum atomic E-state index is 4.74. The van der Waals surface area contributed by atoms with E-state index in [1.807, 2.05) is 18.5 Å². The molecule has 4 nitrogen and oxygen atoms in total. The third-order valence-corrected chi connectivity index (χ3v) is 4.73. The predicted molar refractivity (Wildman–Crippen MR) is 100 cm³/mol. The van der Waals surface area contributed by atoms with Gasteiger partial charge in [-0.3, -0.25) is 0 Å². The molecule has 4 rings (SSSR count). The van der Waals surface area contributed by atoms with E-state index in [9.17, 15) is 0 Å². The lowest BCUT2D eigenvalue weighted by Gasteiger charge is -2.09.